The minimum atomic E-state index is -0.123. The predicted molar refractivity (Wildman–Crippen MR) is 157 cm³/mol. The average Bonchev–Trinajstić information content (AvgIpc) is 3.30. The maximum absolute atomic E-state index is 13.8. The number of carbonyl (C=O) groups excluding carboxylic acids is 1. The molecule has 1 aliphatic heterocycles. The number of benzene rings is 3. The molecule has 0 spiro atoms. The Morgan fingerprint density at radius 1 is 0.892 bits per heavy atom. The molecule has 0 N–H and O–H groups in total. The van der Waals surface area contributed by atoms with Crippen LogP contribution in [0.25, 0.3) is 6.08 Å². The molecule has 3 aromatic rings. The normalized spacial score (nSPS) is 20.0. The van der Waals surface area contributed by atoms with Gasteiger partial charge in [-0.2, -0.15) is 5.10 Å². The van der Waals surface area contributed by atoms with Crippen LogP contribution in [0.1, 0.15) is 46.8 Å². The summed E-state index contributed by atoms with van der Waals surface area (Å²) in [4.78, 5) is 18.0. The van der Waals surface area contributed by atoms with Crippen molar-refractivity contribution in [3.05, 3.63) is 99.5 Å². The number of nitrogens with zero attached hydrogens (tertiary/aromatic N) is 4. The monoisotopic (exact) mass is 556 g/mol. The van der Waals surface area contributed by atoms with Crippen molar-refractivity contribution >= 4 is 45.0 Å². The molecule has 5 rings (SSSR count). The maximum atomic E-state index is 13.8. The van der Waals surface area contributed by atoms with Crippen molar-refractivity contribution < 1.29 is 4.79 Å². The van der Waals surface area contributed by atoms with Gasteiger partial charge in [0.2, 0.25) is 0 Å². The highest BCUT2D eigenvalue weighted by atomic mass is 79.9. The van der Waals surface area contributed by atoms with Crippen molar-refractivity contribution in [3.8, 4) is 0 Å². The van der Waals surface area contributed by atoms with E-state index in [0.29, 0.717) is 5.56 Å². The molecule has 0 bridgehead atoms. The number of amides is 1. The number of hydrogen-bond acceptors (Lipinski definition) is 4. The van der Waals surface area contributed by atoms with Crippen LogP contribution in [0.15, 0.2) is 87.9 Å². The molecule has 0 unspecified atom stereocenters. The molecule has 6 heteroatoms. The predicted octanol–water partition coefficient (Wildman–Crippen LogP) is 7.02. The molecule has 0 radical (unpaired) electrons. The minimum absolute atomic E-state index is 0.0641. The standard InChI is InChI=1S/C31H33BrN4O/c1-34(2)26-16-8-21(9-17-26)20-24-6-5-7-28-29(24)33-36(31(37)23-10-14-25(32)15-11-23)30(28)22-12-18-27(19-13-22)35(3)4/h8-20,28,30H,5-7H2,1-4H3/b24-20-/t28-,30-/m1/s1. The average molecular weight is 558 g/mol. The summed E-state index contributed by atoms with van der Waals surface area (Å²) in [7, 11) is 8.18. The fraction of sp³-hybridized carbons (Fsp3) is 0.290. The van der Waals surface area contributed by atoms with Crippen molar-refractivity contribution in [1.82, 2.24) is 5.01 Å². The number of allylic oxidation sites excluding steroid dienone is 1. The van der Waals surface area contributed by atoms with Gasteiger partial charge in [0, 0.05) is 55.5 Å². The second-order valence-corrected chi connectivity index (χ2v) is 11.1. The second-order valence-electron chi connectivity index (χ2n) is 10.2. The quantitative estimate of drug-likeness (QED) is 0.339. The van der Waals surface area contributed by atoms with E-state index in [1.165, 1.54) is 11.3 Å². The molecule has 37 heavy (non-hydrogen) atoms. The number of halogens is 1. The van der Waals surface area contributed by atoms with Crippen LogP contribution in [0.5, 0.6) is 0 Å². The molecule has 2 atom stereocenters. The summed E-state index contributed by atoms with van der Waals surface area (Å²) in [5.74, 6) is 0.108. The highest BCUT2D eigenvalue weighted by Gasteiger charge is 2.43. The van der Waals surface area contributed by atoms with E-state index in [2.05, 4.69) is 94.4 Å². The fourth-order valence-corrected chi connectivity index (χ4v) is 5.53. The van der Waals surface area contributed by atoms with Crippen LogP contribution < -0.4 is 9.80 Å². The van der Waals surface area contributed by atoms with Crippen molar-refractivity contribution in [2.75, 3.05) is 38.0 Å². The van der Waals surface area contributed by atoms with Gasteiger partial charge in [-0.15, -0.1) is 0 Å². The number of hydrogen-bond donors (Lipinski definition) is 0. The third kappa shape index (κ3) is 5.21. The van der Waals surface area contributed by atoms with E-state index in [1.54, 1.807) is 5.01 Å². The summed E-state index contributed by atoms with van der Waals surface area (Å²) in [5.41, 5.74) is 7.52. The molecule has 0 aromatic heterocycles. The Morgan fingerprint density at radius 2 is 1.49 bits per heavy atom. The zero-order valence-corrected chi connectivity index (χ0v) is 23.4. The van der Waals surface area contributed by atoms with Gasteiger partial charge in [0.15, 0.2) is 0 Å². The first-order chi connectivity index (χ1) is 17.8. The molecule has 1 saturated carbocycles. The largest absolute Gasteiger partial charge is 0.378 e. The van der Waals surface area contributed by atoms with Crippen LogP contribution in [0, 0.1) is 5.92 Å². The zero-order valence-electron chi connectivity index (χ0n) is 21.9. The van der Waals surface area contributed by atoms with Crippen LogP contribution >= 0.6 is 15.9 Å². The van der Waals surface area contributed by atoms with E-state index in [4.69, 9.17) is 5.10 Å². The lowest BCUT2D eigenvalue weighted by molar-refractivity contribution is 0.0681. The van der Waals surface area contributed by atoms with Gasteiger partial charge < -0.3 is 9.80 Å². The number of fused-ring (bicyclic) bond motifs is 1. The van der Waals surface area contributed by atoms with E-state index >= 15 is 0 Å². The molecule has 0 saturated heterocycles. The van der Waals surface area contributed by atoms with Gasteiger partial charge in [-0.3, -0.25) is 4.79 Å². The lowest BCUT2D eigenvalue weighted by Gasteiger charge is -2.30. The molecule has 1 fully saturated rings. The van der Waals surface area contributed by atoms with E-state index < -0.39 is 0 Å². The Morgan fingerprint density at radius 3 is 2.08 bits per heavy atom. The van der Waals surface area contributed by atoms with E-state index in [0.717, 1.165) is 46.3 Å². The smallest absolute Gasteiger partial charge is 0.274 e. The van der Waals surface area contributed by atoms with Gasteiger partial charge in [0.05, 0.1) is 11.8 Å². The molecule has 5 nitrogen and oxygen atoms in total. The SMILES string of the molecule is CN(C)c1ccc(/C=C2/CCC[C@@H]3C2=NN(C(=O)c2ccc(Br)cc2)[C@@H]3c2ccc(N(C)C)cc2)cc1. The van der Waals surface area contributed by atoms with E-state index in [-0.39, 0.29) is 17.9 Å². The number of anilines is 2. The molecule has 1 amide bonds. The van der Waals surface area contributed by atoms with Gasteiger partial charge in [0.1, 0.15) is 0 Å². The van der Waals surface area contributed by atoms with Crippen LogP contribution in [-0.2, 0) is 0 Å². The lowest BCUT2D eigenvalue weighted by atomic mass is 9.77. The first-order valence-electron chi connectivity index (χ1n) is 12.7. The van der Waals surface area contributed by atoms with Crippen molar-refractivity contribution in [2.24, 2.45) is 11.0 Å². The number of carbonyl (C=O) groups is 1. The Bertz CT molecular complexity index is 1330. The van der Waals surface area contributed by atoms with Crippen molar-refractivity contribution in [1.29, 1.82) is 0 Å². The summed E-state index contributed by atoms with van der Waals surface area (Å²) < 4.78 is 0.951. The lowest BCUT2D eigenvalue weighted by Crippen LogP contribution is -2.32. The third-order valence-corrected chi connectivity index (χ3v) is 7.83. The van der Waals surface area contributed by atoms with Crippen LogP contribution in [0.3, 0.4) is 0 Å². The van der Waals surface area contributed by atoms with Gasteiger partial charge in [-0.25, -0.2) is 5.01 Å². The Balaban J connectivity index is 1.54. The maximum Gasteiger partial charge on any atom is 0.274 e. The summed E-state index contributed by atoms with van der Waals surface area (Å²) in [6, 6.07) is 24.6. The molecular formula is C31H33BrN4O. The zero-order chi connectivity index (χ0) is 26.1. The first-order valence-corrected chi connectivity index (χ1v) is 13.5. The van der Waals surface area contributed by atoms with E-state index in [1.807, 2.05) is 38.4 Å². The van der Waals surface area contributed by atoms with Crippen LogP contribution in [-0.4, -0.2) is 44.8 Å². The fourth-order valence-electron chi connectivity index (χ4n) is 5.27. The minimum Gasteiger partial charge on any atom is -0.378 e. The molecule has 1 aliphatic carbocycles. The molecule has 3 aromatic carbocycles. The van der Waals surface area contributed by atoms with Crippen molar-refractivity contribution in [2.45, 2.75) is 25.3 Å². The second kappa shape index (κ2) is 10.5. The van der Waals surface area contributed by atoms with Crippen LogP contribution in [0.4, 0.5) is 11.4 Å². The molecular weight excluding hydrogens is 524 g/mol. The topological polar surface area (TPSA) is 39.1 Å². The van der Waals surface area contributed by atoms with Gasteiger partial charge >= 0.3 is 0 Å². The summed E-state index contributed by atoms with van der Waals surface area (Å²) in [5, 5.41) is 6.79. The Hall–Kier alpha value is -3.38. The third-order valence-electron chi connectivity index (χ3n) is 7.30. The summed E-state index contributed by atoms with van der Waals surface area (Å²) >= 11 is 3.48. The first kappa shape index (κ1) is 25.3. The molecule has 1 heterocycles. The highest BCUT2D eigenvalue weighted by molar-refractivity contribution is 9.10. The van der Waals surface area contributed by atoms with Gasteiger partial charge in [0.25, 0.3) is 5.91 Å². The Kier molecular flexibility index (Phi) is 7.20. The number of hydrazone groups is 1. The van der Waals surface area contributed by atoms with Gasteiger partial charge in [-0.05, 0) is 90.6 Å². The van der Waals surface area contributed by atoms with Crippen molar-refractivity contribution in [3.63, 3.8) is 0 Å². The molecule has 2 aliphatic rings. The Labute approximate surface area is 228 Å². The highest BCUT2D eigenvalue weighted by Crippen LogP contribution is 2.45. The summed E-state index contributed by atoms with van der Waals surface area (Å²) in [6.45, 7) is 0. The number of rotatable bonds is 5. The van der Waals surface area contributed by atoms with Crippen LogP contribution in [0.2, 0.25) is 0 Å². The van der Waals surface area contributed by atoms with E-state index in [9.17, 15) is 4.79 Å². The van der Waals surface area contributed by atoms with Gasteiger partial charge in [-0.1, -0.05) is 40.2 Å². The molecule has 190 valence electrons. The summed E-state index contributed by atoms with van der Waals surface area (Å²) in [6.07, 6.45) is 5.32.